The summed E-state index contributed by atoms with van der Waals surface area (Å²) in [6.45, 7) is 5.28. The molecular weight excluding hydrogens is 224 g/mol. The van der Waals surface area contributed by atoms with Crippen LogP contribution < -0.4 is 5.73 Å². The highest BCUT2D eigenvalue weighted by Crippen LogP contribution is 2.37. The van der Waals surface area contributed by atoms with Crippen molar-refractivity contribution in [2.75, 3.05) is 32.8 Å². The number of likely N-dealkylation sites (tertiary alicyclic amines) is 1. The summed E-state index contributed by atoms with van der Waals surface area (Å²) in [7, 11) is 0. The molecule has 3 nitrogen and oxygen atoms in total. The van der Waals surface area contributed by atoms with Crippen LogP contribution in [0.4, 0.5) is 0 Å². The lowest BCUT2D eigenvalue weighted by Crippen LogP contribution is -2.52. The Bertz CT molecular complexity index is 265. The fourth-order valence-electron chi connectivity index (χ4n) is 4.43. The van der Waals surface area contributed by atoms with Gasteiger partial charge in [-0.05, 0) is 37.6 Å². The maximum absolute atomic E-state index is 6.05. The minimum atomic E-state index is 0.579. The van der Waals surface area contributed by atoms with Crippen molar-refractivity contribution < 1.29 is 4.74 Å². The Labute approximate surface area is 111 Å². The summed E-state index contributed by atoms with van der Waals surface area (Å²) in [5.41, 5.74) is 6.05. The average Bonchev–Trinajstić information content (AvgIpc) is 2.93. The molecule has 2 heterocycles. The van der Waals surface area contributed by atoms with Gasteiger partial charge in [0.1, 0.15) is 0 Å². The zero-order chi connectivity index (χ0) is 12.4. The van der Waals surface area contributed by atoms with Crippen LogP contribution in [0.5, 0.6) is 0 Å². The molecule has 2 N–H and O–H groups in total. The third-order valence-electron chi connectivity index (χ3n) is 5.54. The molecule has 1 saturated carbocycles. The molecule has 3 heteroatoms. The van der Waals surface area contributed by atoms with Crippen LogP contribution in [-0.4, -0.2) is 43.8 Å². The highest BCUT2D eigenvalue weighted by atomic mass is 16.5. The molecule has 0 aromatic heterocycles. The first-order valence-corrected chi connectivity index (χ1v) is 7.90. The van der Waals surface area contributed by atoms with E-state index in [0.717, 1.165) is 31.6 Å². The van der Waals surface area contributed by atoms with Gasteiger partial charge in [0.15, 0.2) is 0 Å². The zero-order valence-corrected chi connectivity index (χ0v) is 11.5. The first-order valence-electron chi connectivity index (χ1n) is 7.90. The van der Waals surface area contributed by atoms with Gasteiger partial charge in [0, 0.05) is 31.7 Å². The van der Waals surface area contributed by atoms with E-state index < -0.39 is 0 Å². The van der Waals surface area contributed by atoms with Crippen LogP contribution in [0.3, 0.4) is 0 Å². The molecule has 2 aliphatic heterocycles. The van der Waals surface area contributed by atoms with E-state index in [1.54, 1.807) is 0 Å². The quantitative estimate of drug-likeness (QED) is 0.833. The van der Waals surface area contributed by atoms with Crippen LogP contribution >= 0.6 is 0 Å². The molecular formula is C15H28N2O. The Hall–Kier alpha value is -0.120. The molecule has 2 saturated heterocycles. The highest BCUT2D eigenvalue weighted by molar-refractivity contribution is 4.90. The van der Waals surface area contributed by atoms with E-state index >= 15 is 0 Å². The van der Waals surface area contributed by atoms with Crippen LogP contribution in [0.2, 0.25) is 0 Å². The van der Waals surface area contributed by atoms with Crippen LogP contribution in [0.1, 0.15) is 38.5 Å². The zero-order valence-electron chi connectivity index (χ0n) is 11.5. The van der Waals surface area contributed by atoms with E-state index in [4.69, 9.17) is 10.5 Å². The van der Waals surface area contributed by atoms with E-state index in [9.17, 15) is 0 Å². The number of ether oxygens (including phenoxy) is 1. The topological polar surface area (TPSA) is 38.5 Å². The number of piperidine rings is 1. The van der Waals surface area contributed by atoms with Crippen molar-refractivity contribution in [3.63, 3.8) is 0 Å². The van der Waals surface area contributed by atoms with Crippen molar-refractivity contribution in [1.82, 2.24) is 4.90 Å². The van der Waals surface area contributed by atoms with Crippen LogP contribution in [0, 0.1) is 17.8 Å². The van der Waals surface area contributed by atoms with Crippen molar-refractivity contribution in [3.8, 4) is 0 Å². The SMILES string of the molecule is NCC(C1CCOC1)N1CCC2CCCCC2C1. The van der Waals surface area contributed by atoms with Crippen molar-refractivity contribution in [3.05, 3.63) is 0 Å². The van der Waals surface area contributed by atoms with E-state index in [1.807, 2.05) is 0 Å². The van der Waals surface area contributed by atoms with Gasteiger partial charge in [-0.3, -0.25) is 4.90 Å². The number of rotatable bonds is 3. The van der Waals surface area contributed by atoms with Gasteiger partial charge in [-0.2, -0.15) is 0 Å². The molecule has 3 fully saturated rings. The first kappa shape index (κ1) is 12.9. The molecule has 104 valence electrons. The molecule has 0 bridgehead atoms. The second-order valence-corrected chi connectivity index (χ2v) is 6.51. The predicted octanol–water partition coefficient (Wildman–Crippen LogP) is 1.86. The maximum atomic E-state index is 6.05. The monoisotopic (exact) mass is 252 g/mol. The Kier molecular flexibility index (Phi) is 4.22. The first-order chi connectivity index (χ1) is 8.88. The summed E-state index contributed by atoms with van der Waals surface area (Å²) < 4.78 is 5.56. The van der Waals surface area contributed by atoms with Crippen molar-refractivity contribution >= 4 is 0 Å². The van der Waals surface area contributed by atoms with E-state index in [1.165, 1.54) is 51.6 Å². The normalized spacial score (nSPS) is 39.5. The summed E-state index contributed by atoms with van der Waals surface area (Å²) in [5, 5.41) is 0. The molecule has 0 radical (unpaired) electrons. The molecule has 4 atom stereocenters. The molecule has 3 rings (SSSR count). The lowest BCUT2D eigenvalue weighted by molar-refractivity contribution is 0.0360. The van der Waals surface area contributed by atoms with Gasteiger partial charge in [-0.1, -0.05) is 19.3 Å². The fourth-order valence-corrected chi connectivity index (χ4v) is 4.43. The Morgan fingerprint density at radius 2 is 1.94 bits per heavy atom. The number of fused-ring (bicyclic) bond motifs is 1. The maximum Gasteiger partial charge on any atom is 0.0510 e. The van der Waals surface area contributed by atoms with Crippen molar-refractivity contribution in [2.24, 2.45) is 23.5 Å². The third-order valence-corrected chi connectivity index (χ3v) is 5.54. The van der Waals surface area contributed by atoms with Crippen molar-refractivity contribution in [2.45, 2.75) is 44.6 Å². The van der Waals surface area contributed by atoms with Gasteiger partial charge < -0.3 is 10.5 Å². The minimum Gasteiger partial charge on any atom is -0.381 e. The highest BCUT2D eigenvalue weighted by Gasteiger charge is 2.36. The fraction of sp³-hybridized carbons (Fsp3) is 1.00. The second-order valence-electron chi connectivity index (χ2n) is 6.51. The number of hydrogen-bond acceptors (Lipinski definition) is 3. The Balaban J connectivity index is 1.61. The number of nitrogens with zero attached hydrogens (tertiary/aromatic N) is 1. The average molecular weight is 252 g/mol. The van der Waals surface area contributed by atoms with E-state index in [0.29, 0.717) is 12.0 Å². The molecule has 0 amide bonds. The summed E-state index contributed by atoms with van der Waals surface area (Å²) in [6, 6.07) is 0.579. The van der Waals surface area contributed by atoms with Gasteiger partial charge in [0.25, 0.3) is 0 Å². The van der Waals surface area contributed by atoms with E-state index in [-0.39, 0.29) is 0 Å². The van der Waals surface area contributed by atoms with Crippen LogP contribution in [-0.2, 0) is 4.74 Å². The standard InChI is InChI=1S/C15H28N2O/c16-9-15(14-6-8-18-11-14)17-7-5-12-3-1-2-4-13(12)10-17/h12-15H,1-11,16H2. The van der Waals surface area contributed by atoms with Gasteiger partial charge in [0.05, 0.1) is 6.61 Å². The van der Waals surface area contributed by atoms with Gasteiger partial charge in [-0.15, -0.1) is 0 Å². The summed E-state index contributed by atoms with van der Waals surface area (Å²) >= 11 is 0. The number of hydrogen-bond donors (Lipinski definition) is 1. The van der Waals surface area contributed by atoms with Gasteiger partial charge >= 0.3 is 0 Å². The number of nitrogens with two attached hydrogens (primary N) is 1. The lowest BCUT2D eigenvalue weighted by atomic mass is 9.74. The molecule has 1 aliphatic carbocycles. The molecule has 3 aliphatic rings. The third kappa shape index (κ3) is 2.59. The van der Waals surface area contributed by atoms with Crippen molar-refractivity contribution in [1.29, 1.82) is 0 Å². The Morgan fingerprint density at radius 3 is 2.67 bits per heavy atom. The molecule has 0 aromatic carbocycles. The second kappa shape index (κ2) is 5.89. The summed E-state index contributed by atoms with van der Waals surface area (Å²) in [5.74, 6) is 2.67. The van der Waals surface area contributed by atoms with Gasteiger partial charge in [-0.25, -0.2) is 0 Å². The molecule has 0 spiro atoms. The van der Waals surface area contributed by atoms with Gasteiger partial charge in [0.2, 0.25) is 0 Å². The smallest absolute Gasteiger partial charge is 0.0510 e. The summed E-state index contributed by atoms with van der Waals surface area (Å²) in [4.78, 5) is 2.70. The largest absolute Gasteiger partial charge is 0.381 e. The molecule has 4 unspecified atom stereocenters. The minimum absolute atomic E-state index is 0.579. The van der Waals surface area contributed by atoms with E-state index in [2.05, 4.69) is 4.90 Å². The van der Waals surface area contributed by atoms with Crippen LogP contribution in [0.15, 0.2) is 0 Å². The predicted molar refractivity (Wildman–Crippen MR) is 73.4 cm³/mol. The lowest BCUT2D eigenvalue weighted by Gasteiger charge is -2.45. The van der Waals surface area contributed by atoms with Crippen LogP contribution in [0.25, 0.3) is 0 Å². The Morgan fingerprint density at radius 1 is 1.11 bits per heavy atom. The molecule has 0 aromatic rings. The summed E-state index contributed by atoms with van der Waals surface area (Å²) in [6.07, 6.45) is 8.49. The molecule has 18 heavy (non-hydrogen) atoms.